The van der Waals surface area contributed by atoms with Gasteiger partial charge in [0.15, 0.2) is 12.1 Å². The molecule has 0 aliphatic carbocycles. The van der Waals surface area contributed by atoms with Crippen LogP contribution in [0.1, 0.15) is 97.3 Å². The number of carboxylic acids is 1. The number of carbonyl (C=O) groups excluding carboxylic acids is 2. The second-order valence-electron chi connectivity index (χ2n) is 13.3. The van der Waals surface area contributed by atoms with Crippen molar-refractivity contribution < 1.29 is 38.2 Å². The van der Waals surface area contributed by atoms with Crippen molar-refractivity contribution in [2.45, 2.75) is 109 Å². The number of ether oxygens (including phenoxy) is 3. The maximum Gasteiger partial charge on any atom is 0.362 e. The summed E-state index contributed by atoms with van der Waals surface area (Å²) in [6.45, 7) is 4.30. The fourth-order valence-corrected chi connectivity index (χ4v) is 4.72. The third-order valence-electron chi connectivity index (χ3n) is 7.64. The third kappa shape index (κ3) is 31.9. The van der Waals surface area contributed by atoms with Crippen molar-refractivity contribution in [3.05, 3.63) is 109 Å². The Labute approximate surface area is 315 Å². The van der Waals surface area contributed by atoms with Crippen LogP contribution >= 0.6 is 0 Å². The Morgan fingerprint density at radius 2 is 1.04 bits per heavy atom. The molecule has 0 amide bonds. The minimum Gasteiger partial charge on any atom is -0.477 e. The Bertz CT molecular complexity index is 1210. The minimum atomic E-state index is -0.897. The van der Waals surface area contributed by atoms with E-state index in [1.54, 1.807) is 0 Å². The highest BCUT2D eigenvalue weighted by Crippen LogP contribution is 2.11. The van der Waals surface area contributed by atoms with Crippen molar-refractivity contribution in [2.24, 2.45) is 0 Å². The van der Waals surface area contributed by atoms with Gasteiger partial charge in [-0.15, -0.1) is 0 Å². The topological polar surface area (TPSA) is 99.1 Å². The number of unbranched alkanes of at least 4 members (excludes halogenated alkanes) is 6. The van der Waals surface area contributed by atoms with Crippen LogP contribution in [0.2, 0.25) is 0 Å². The summed E-state index contributed by atoms with van der Waals surface area (Å²) in [6, 6.07) is -0.637. The summed E-state index contributed by atoms with van der Waals surface area (Å²) in [5, 5.41) is 9.58. The molecule has 0 spiro atoms. The second kappa shape index (κ2) is 34.1. The highest BCUT2D eigenvalue weighted by Gasteiger charge is 2.31. The normalized spacial score (nSPS) is 14.2. The lowest BCUT2D eigenvalue weighted by atomic mass is 10.1. The van der Waals surface area contributed by atoms with Crippen LogP contribution in [-0.4, -0.2) is 80.6 Å². The summed E-state index contributed by atoms with van der Waals surface area (Å²) in [5.41, 5.74) is 0. The summed E-state index contributed by atoms with van der Waals surface area (Å²) in [6.07, 6.45) is 45.7. The molecule has 0 aromatic carbocycles. The number of hydrogen-bond acceptors (Lipinski definition) is 6. The van der Waals surface area contributed by atoms with Crippen LogP contribution in [-0.2, 0) is 28.6 Å². The molecule has 0 aromatic heterocycles. The van der Waals surface area contributed by atoms with Crippen molar-refractivity contribution >= 4 is 17.9 Å². The Balaban J connectivity index is 4.61. The molecule has 8 heteroatoms. The van der Waals surface area contributed by atoms with Gasteiger partial charge in [-0.3, -0.25) is 9.59 Å². The summed E-state index contributed by atoms with van der Waals surface area (Å²) in [5.74, 6) is -1.62. The number of carboxylic acid groups (broad SMARTS) is 1. The monoisotopic (exact) mass is 722 g/mol. The Morgan fingerprint density at radius 1 is 0.577 bits per heavy atom. The van der Waals surface area contributed by atoms with E-state index in [1.165, 1.54) is 0 Å². The lowest BCUT2D eigenvalue weighted by molar-refractivity contribution is -0.887. The summed E-state index contributed by atoms with van der Waals surface area (Å²) >= 11 is 0. The highest BCUT2D eigenvalue weighted by atomic mass is 16.6. The maximum absolute atomic E-state index is 12.6. The first kappa shape index (κ1) is 48.0. The number of nitrogens with zero attached hydrogens (tertiary/aromatic N) is 1. The lowest BCUT2D eigenvalue weighted by Gasteiger charge is -2.31. The SMILES string of the molecule is CC/C=C/C=C/C=C/C=C/C=C/CCCC(=O)OC(COCCC(C(=O)O)[N+](C)(C)C)COC(=O)CCCCCCC/C=C/C=C/C=C/C=C/CC. The van der Waals surface area contributed by atoms with E-state index in [0.29, 0.717) is 25.7 Å². The standard InChI is InChI=1S/C44H67NO7/c1-6-8-10-12-14-16-18-20-21-23-24-26-28-30-32-34-42(46)51-39-40(38-50-37-36-41(44(48)49)45(3,4)5)52-43(47)35-33-31-29-27-25-22-19-17-15-13-11-9-7-2/h8-22,25,27,29,40-41H,6-7,23-24,26,28,30-39H2,1-5H3/p+1/b10-8+,11-9+,14-12+,15-13+,18-16+,19-17+,21-20+,25-22+,29-27+. The predicted octanol–water partition coefficient (Wildman–Crippen LogP) is 9.73. The van der Waals surface area contributed by atoms with Gasteiger partial charge in [0.25, 0.3) is 0 Å². The fourth-order valence-electron chi connectivity index (χ4n) is 4.72. The number of esters is 2. The first-order chi connectivity index (χ1) is 25.1. The van der Waals surface area contributed by atoms with E-state index in [4.69, 9.17) is 14.2 Å². The average Bonchev–Trinajstić information content (AvgIpc) is 3.09. The summed E-state index contributed by atoms with van der Waals surface area (Å²) in [4.78, 5) is 36.8. The van der Waals surface area contributed by atoms with Gasteiger partial charge in [-0.1, -0.05) is 142 Å². The van der Waals surface area contributed by atoms with Gasteiger partial charge >= 0.3 is 17.9 Å². The molecule has 0 heterocycles. The first-order valence-electron chi connectivity index (χ1n) is 19.0. The zero-order valence-electron chi connectivity index (χ0n) is 32.7. The molecular formula is C44H68NO7+. The van der Waals surface area contributed by atoms with Crippen LogP contribution in [0.3, 0.4) is 0 Å². The largest absolute Gasteiger partial charge is 0.477 e. The Hall–Kier alpha value is -4.01. The van der Waals surface area contributed by atoms with Crippen LogP contribution in [0.4, 0.5) is 0 Å². The maximum atomic E-state index is 12.6. The number of quaternary nitrogens is 1. The molecule has 52 heavy (non-hydrogen) atoms. The van der Waals surface area contributed by atoms with Crippen LogP contribution in [0, 0.1) is 0 Å². The molecule has 0 aliphatic heterocycles. The van der Waals surface area contributed by atoms with E-state index >= 15 is 0 Å². The number of likely N-dealkylation sites (N-methyl/N-ethyl adjacent to an activating group) is 1. The van der Waals surface area contributed by atoms with Crippen LogP contribution in [0.5, 0.6) is 0 Å². The highest BCUT2D eigenvalue weighted by molar-refractivity contribution is 5.72. The fraction of sp³-hybridized carbons (Fsp3) is 0.523. The summed E-state index contributed by atoms with van der Waals surface area (Å²) < 4.78 is 17.1. The molecule has 0 saturated heterocycles. The molecule has 2 unspecified atom stereocenters. The lowest BCUT2D eigenvalue weighted by Crippen LogP contribution is -2.50. The zero-order valence-corrected chi connectivity index (χ0v) is 32.7. The smallest absolute Gasteiger partial charge is 0.362 e. The van der Waals surface area contributed by atoms with E-state index in [9.17, 15) is 19.5 Å². The van der Waals surface area contributed by atoms with Crippen molar-refractivity contribution in [1.82, 2.24) is 0 Å². The third-order valence-corrected chi connectivity index (χ3v) is 7.64. The summed E-state index contributed by atoms with van der Waals surface area (Å²) in [7, 11) is 5.46. The van der Waals surface area contributed by atoms with Gasteiger partial charge in [-0.05, 0) is 44.9 Å². The van der Waals surface area contributed by atoms with Gasteiger partial charge in [-0.25, -0.2) is 4.79 Å². The molecule has 8 nitrogen and oxygen atoms in total. The van der Waals surface area contributed by atoms with E-state index in [-0.39, 0.29) is 36.7 Å². The predicted molar refractivity (Wildman–Crippen MR) is 215 cm³/mol. The molecule has 0 rings (SSSR count). The molecule has 0 radical (unpaired) electrons. The Morgan fingerprint density at radius 3 is 1.56 bits per heavy atom. The van der Waals surface area contributed by atoms with E-state index in [1.807, 2.05) is 106 Å². The van der Waals surface area contributed by atoms with Gasteiger partial charge in [0.1, 0.15) is 6.61 Å². The van der Waals surface area contributed by atoms with E-state index < -0.39 is 24.1 Å². The average molecular weight is 723 g/mol. The van der Waals surface area contributed by atoms with Crippen LogP contribution < -0.4 is 0 Å². The van der Waals surface area contributed by atoms with E-state index in [2.05, 4.69) is 38.2 Å². The minimum absolute atomic E-state index is 0.0159. The van der Waals surface area contributed by atoms with Crippen LogP contribution in [0.25, 0.3) is 0 Å². The number of hydrogen-bond donors (Lipinski definition) is 1. The number of carbonyl (C=O) groups is 3. The molecule has 0 fully saturated rings. The molecular weight excluding hydrogens is 654 g/mol. The van der Waals surface area contributed by atoms with Crippen LogP contribution in [0.15, 0.2) is 109 Å². The van der Waals surface area contributed by atoms with Gasteiger partial charge in [-0.2, -0.15) is 0 Å². The molecule has 2 atom stereocenters. The number of allylic oxidation sites excluding steroid dienone is 18. The van der Waals surface area contributed by atoms with Crippen molar-refractivity contribution in [3.63, 3.8) is 0 Å². The molecule has 0 bridgehead atoms. The van der Waals surface area contributed by atoms with Gasteiger partial charge in [0, 0.05) is 19.3 Å². The first-order valence-corrected chi connectivity index (χ1v) is 19.0. The zero-order chi connectivity index (χ0) is 38.5. The van der Waals surface area contributed by atoms with Crippen molar-refractivity contribution in [3.8, 4) is 0 Å². The van der Waals surface area contributed by atoms with Gasteiger partial charge in [0.2, 0.25) is 0 Å². The van der Waals surface area contributed by atoms with E-state index in [0.717, 1.165) is 51.4 Å². The van der Waals surface area contributed by atoms with Gasteiger partial charge < -0.3 is 23.8 Å². The van der Waals surface area contributed by atoms with Gasteiger partial charge in [0.05, 0.1) is 34.4 Å². The second-order valence-corrected chi connectivity index (χ2v) is 13.3. The number of aliphatic carboxylic acids is 1. The molecule has 1 N–H and O–H groups in total. The van der Waals surface area contributed by atoms with Crippen molar-refractivity contribution in [1.29, 1.82) is 0 Å². The van der Waals surface area contributed by atoms with Crippen molar-refractivity contribution in [2.75, 3.05) is 41.0 Å². The molecule has 0 saturated carbocycles. The number of rotatable bonds is 31. The molecule has 0 aliphatic rings. The quantitative estimate of drug-likeness (QED) is 0.0329. The molecule has 290 valence electrons. The Kier molecular flexibility index (Phi) is 31.5. The molecule has 0 aromatic rings.